The summed E-state index contributed by atoms with van der Waals surface area (Å²) in [5, 5.41) is 31.3. The van der Waals surface area contributed by atoms with E-state index in [2.05, 4.69) is 16.5 Å². The van der Waals surface area contributed by atoms with E-state index in [9.17, 15) is 14.3 Å². The van der Waals surface area contributed by atoms with Gasteiger partial charge in [-0.2, -0.15) is 9.83 Å². The van der Waals surface area contributed by atoms with E-state index < -0.39 is 35.5 Å². The minimum Gasteiger partial charge on any atom is -1.00 e. The lowest BCUT2D eigenvalue weighted by Gasteiger charge is -2.37. The third kappa shape index (κ3) is 8.49. The number of aliphatic hydroxyl groups is 1. The summed E-state index contributed by atoms with van der Waals surface area (Å²) in [5.41, 5.74) is -0.279. The zero-order valence-electron chi connectivity index (χ0n) is 27.0. The molecule has 1 aliphatic carbocycles. The van der Waals surface area contributed by atoms with E-state index in [1.54, 1.807) is 61.0 Å². The first kappa shape index (κ1) is 39.2. The highest BCUT2D eigenvalue weighted by Gasteiger charge is 2.43. The van der Waals surface area contributed by atoms with Crippen LogP contribution in [0.1, 0.15) is 67.8 Å². The molecule has 4 aromatic rings. The number of halogens is 4. The van der Waals surface area contributed by atoms with Crippen molar-refractivity contribution in [1.29, 1.82) is 5.26 Å². The van der Waals surface area contributed by atoms with E-state index >= 15 is 4.39 Å². The van der Waals surface area contributed by atoms with Gasteiger partial charge < -0.3 is 44.0 Å². The van der Waals surface area contributed by atoms with Crippen LogP contribution in [0.3, 0.4) is 0 Å². The highest BCUT2D eigenvalue weighted by molar-refractivity contribution is 7.10. The molecule has 2 aromatic carbocycles. The van der Waals surface area contributed by atoms with E-state index in [1.807, 2.05) is 12.4 Å². The molecule has 5 unspecified atom stereocenters. The molecule has 0 saturated heterocycles. The number of nitrogens with zero attached hydrogens (tertiary/aromatic N) is 6. The Balaban J connectivity index is 0.00000312. The average Bonchev–Trinajstić information content (AvgIpc) is 3.75. The van der Waals surface area contributed by atoms with Gasteiger partial charge in [-0.3, -0.25) is 0 Å². The van der Waals surface area contributed by atoms with Crippen LogP contribution < -0.4 is 33.9 Å². The number of hydrogen-bond donors (Lipinski definition) is 2. The Morgan fingerprint density at radius 3 is 2.65 bits per heavy atom. The van der Waals surface area contributed by atoms with Crippen molar-refractivity contribution >= 4 is 29.8 Å². The van der Waals surface area contributed by atoms with Gasteiger partial charge in [0.05, 0.1) is 22.3 Å². The van der Waals surface area contributed by atoms with Gasteiger partial charge in [-0.15, -0.1) is 28.4 Å². The van der Waals surface area contributed by atoms with Gasteiger partial charge in [-0.05, 0) is 50.2 Å². The molecule has 2 heterocycles. The molecule has 1 saturated carbocycles. The predicted molar refractivity (Wildman–Crippen MR) is 175 cm³/mol. The smallest absolute Gasteiger partial charge is 0.412 e. The number of rotatable bonds is 10. The maximum atomic E-state index is 15.3. The lowest BCUT2D eigenvalue weighted by Crippen LogP contribution is -3.00. The van der Waals surface area contributed by atoms with Crippen molar-refractivity contribution in [3.05, 3.63) is 88.3 Å². The van der Waals surface area contributed by atoms with E-state index in [0.717, 1.165) is 49.4 Å². The summed E-state index contributed by atoms with van der Waals surface area (Å²) in [6.45, 7) is 3.16. The molecule has 1 aliphatic rings. The molecule has 5 atom stereocenters. The first-order valence-corrected chi connectivity index (χ1v) is 16.1. The van der Waals surface area contributed by atoms with Crippen molar-refractivity contribution in [2.75, 3.05) is 14.1 Å². The second-order valence-corrected chi connectivity index (χ2v) is 12.7. The number of hydrogen-bond acceptors (Lipinski definition) is 8. The number of benzene rings is 2. The summed E-state index contributed by atoms with van der Waals surface area (Å²) in [5.74, 6) is -2.26. The van der Waals surface area contributed by atoms with E-state index in [1.165, 1.54) is 22.3 Å². The van der Waals surface area contributed by atoms with E-state index in [-0.39, 0.29) is 60.6 Å². The van der Waals surface area contributed by atoms with Crippen LogP contribution in [0.2, 0.25) is 0 Å². The van der Waals surface area contributed by atoms with Crippen LogP contribution in [-0.2, 0) is 16.9 Å². The van der Waals surface area contributed by atoms with Crippen molar-refractivity contribution in [2.24, 2.45) is 0 Å². The molecule has 15 heteroatoms. The van der Waals surface area contributed by atoms with Crippen LogP contribution in [0.5, 0.6) is 0 Å². The highest BCUT2D eigenvalue weighted by Crippen LogP contribution is 2.41. The lowest BCUT2D eigenvalue weighted by molar-refractivity contribution is -0.753. The number of carbonyl (C=O) groups excluding carboxylic acids is 1. The Bertz CT molecular complexity index is 1720. The molecule has 2 N–H and O–H groups in total. The van der Waals surface area contributed by atoms with Crippen molar-refractivity contribution < 1.29 is 52.0 Å². The largest absolute Gasteiger partial charge is 1.00 e. The standard InChI is InChI=1S/C33H38F2N7O3S.ClH.HI/c1-21(31-39-29(17-46-31)24-11-9-23(16-36)10-12-24)33(44,26-15-25(34)13-14-27(26)35)18-42-20-41(19-38-42)22(2)45-32(43)40(4)30-8-6-5-7-28(30)37-3;;/h9-15,17,19-22,28,30,37,44H,5-8,18H2,1-4H3;2*1H/q+1;;/p-1. The molecule has 258 valence electrons. The number of ether oxygens (including phenoxy) is 1. The molecule has 2 aromatic heterocycles. The Hall–Kier alpha value is -3.23. The Kier molecular flexibility index (Phi) is 13.8. The topological polar surface area (TPSA) is 120 Å². The highest BCUT2D eigenvalue weighted by atomic mass is 127. The molecule has 48 heavy (non-hydrogen) atoms. The Morgan fingerprint density at radius 1 is 1.25 bits per heavy atom. The molecule has 10 nitrogen and oxygen atoms in total. The zero-order chi connectivity index (χ0) is 33.0. The van der Waals surface area contributed by atoms with Crippen LogP contribution in [-0.4, -0.2) is 57.0 Å². The molecule has 0 aliphatic heterocycles. The van der Waals surface area contributed by atoms with Crippen molar-refractivity contribution in [3.63, 3.8) is 0 Å². The molecule has 0 bridgehead atoms. The SMILES string of the molecule is CNC1CCCCC1N(C)C(=O)OC(C)[n+]1cnn(CC(O)(c2cc(F)ccc2F)C(C)c2nc(-c3ccc(C#N)cc3)cs2)c1.Cl.[I-]. The number of carbonyl (C=O) groups is 1. The fraction of sp³-hybridized carbons (Fsp3) is 0.424. The number of likely N-dealkylation sites (N-methyl/N-ethyl adjacent to an activating group) is 2. The molecule has 1 fully saturated rings. The second-order valence-electron chi connectivity index (χ2n) is 11.8. The fourth-order valence-electron chi connectivity index (χ4n) is 6.02. The molecular weight excluding hydrogens is 775 g/mol. The van der Waals surface area contributed by atoms with Crippen molar-refractivity contribution in [2.45, 2.75) is 75.9 Å². The van der Waals surface area contributed by atoms with Crippen molar-refractivity contribution in [3.8, 4) is 17.3 Å². The summed E-state index contributed by atoms with van der Waals surface area (Å²) in [6, 6.07) is 12.2. The van der Waals surface area contributed by atoms with E-state index in [0.29, 0.717) is 16.3 Å². The van der Waals surface area contributed by atoms with Gasteiger partial charge >= 0.3 is 6.09 Å². The Labute approximate surface area is 306 Å². The van der Waals surface area contributed by atoms with Gasteiger partial charge in [0, 0.05) is 53.6 Å². The number of aromatic nitrogens is 4. The average molecular weight is 814 g/mol. The molecule has 0 radical (unpaired) electrons. The van der Waals surface area contributed by atoms with Crippen LogP contribution in [0.25, 0.3) is 11.3 Å². The second kappa shape index (κ2) is 16.9. The van der Waals surface area contributed by atoms with Gasteiger partial charge in [0.25, 0.3) is 6.33 Å². The summed E-state index contributed by atoms with van der Waals surface area (Å²) in [4.78, 5) is 19.4. The van der Waals surface area contributed by atoms with Gasteiger partial charge in [-0.25, -0.2) is 18.6 Å². The molecule has 1 amide bonds. The first-order valence-electron chi connectivity index (χ1n) is 15.2. The predicted octanol–water partition coefficient (Wildman–Crippen LogP) is 2.68. The fourth-order valence-corrected chi connectivity index (χ4v) is 6.99. The maximum Gasteiger partial charge on any atom is 0.412 e. The number of thiazole rings is 1. The minimum atomic E-state index is -1.97. The minimum absolute atomic E-state index is 0. The number of nitriles is 1. The van der Waals surface area contributed by atoms with Crippen LogP contribution in [0, 0.1) is 23.0 Å². The molecule has 5 rings (SSSR count). The number of amides is 1. The van der Waals surface area contributed by atoms with Crippen molar-refractivity contribution in [1.82, 2.24) is 25.0 Å². The van der Waals surface area contributed by atoms with E-state index in [4.69, 9.17) is 15.0 Å². The summed E-state index contributed by atoms with van der Waals surface area (Å²) in [7, 11) is 3.64. The summed E-state index contributed by atoms with van der Waals surface area (Å²) >= 11 is 1.28. The molecular formula is C33H39ClF2IN7O3S. The van der Waals surface area contributed by atoms with Gasteiger partial charge in [0.15, 0.2) is 0 Å². The van der Waals surface area contributed by atoms with Gasteiger partial charge in [-0.1, -0.05) is 31.9 Å². The molecule has 0 spiro atoms. The third-order valence-corrected chi connectivity index (χ3v) is 9.92. The Morgan fingerprint density at radius 2 is 1.96 bits per heavy atom. The van der Waals surface area contributed by atoms with Gasteiger partial charge in [0.1, 0.15) is 23.8 Å². The maximum absolute atomic E-state index is 15.3. The summed E-state index contributed by atoms with van der Waals surface area (Å²) < 4.78 is 38.5. The van der Waals surface area contributed by atoms with Crippen LogP contribution >= 0.6 is 23.7 Å². The quantitative estimate of drug-likeness (QED) is 0.187. The normalized spacial score (nSPS) is 18.3. The summed E-state index contributed by atoms with van der Waals surface area (Å²) in [6.07, 6.45) is 5.84. The third-order valence-electron chi connectivity index (χ3n) is 8.89. The van der Waals surface area contributed by atoms with Crippen LogP contribution in [0.4, 0.5) is 13.6 Å². The monoisotopic (exact) mass is 813 g/mol. The number of nitrogens with one attached hydrogen (secondary N) is 1. The van der Waals surface area contributed by atoms with Crippen LogP contribution in [0.15, 0.2) is 60.5 Å². The lowest BCUT2D eigenvalue weighted by atomic mass is 9.82. The zero-order valence-corrected chi connectivity index (χ0v) is 30.8. The van der Waals surface area contributed by atoms with Gasteiger partial charge in [0.2, 0.25) is 12.6 Å². The first-order chi connectivity index (χ1) is 22.0.